The number of benzene rings is 4. The minimum absolute atomic E-state index is 0.0171. The van der Waals surface area contributed by atoms with Gasteiger partial charge in [0.2, 0.25) is 0 Å². The first kappa shape index (κ1) is 30.1. The van der Waals surface area contributed by atoms with Crippen LogP contribution in [0, 0.1) is 0 Å². The summed E-state index contributed by atoms with van der Waals surface area (Å²) < 4.78 is 25.9. The van der Waals surface area contributed by atoms with E-state index in [0.29, 0.717) is 19.8 Å². The Labute approximate surface area is 260 Å². The van der Waals surface area contributed by atoms with E-state index in [9.17, 15) is 0 Å². The normalized spacial score (nSPS) is 23.0. The molecule has 0 aromatic heterocycles. The van der Waals surface area contributed by atoms with Crippen molar-refractivity contribution in [2.45, 2.75) is 76.2 Å². The van der Waals surface area contributed by atoms with E-state index in [2.05, 4.69) is 79.7 Å². The van der Waals surface area contributed by atoms with Gasteiger partial charge in [-0.1, -0.05) is 110 Å². The Bertz CT molecular complexity index is 1470. The molecule has 0 N–H and O–H groups in total. The number of halogens is 1. The molecule has 43 heavy (non-hydrogen) atoms. The monoisotopic (exact) mass is 596 g/mol. The van der Waals surface area contributed by atoms with Crippen molar-refractivity contribution in [3.63, 3.8) is 0 Å². The molecule has 4 nitrogen and oxygen atoms in total. The Hall–Kier alpha value is -2.99. The Morgan fingerprint density at radius 3 is 2.16 bits per heavy atom. The predicted molar refractivity (Wildman–Crippen MR) is 171 cm³/mol. The van der Waals surface area contributed by atoms with E-state index >= 15 is 0 Å². The SMILES string of the molecule is CCc1ccc(Cc2cc3c(cc2Cl)C(OC)CC32CC(OCc3ccccc3)CC(COCc3ccccc3)O2)cc1. The van der Waals surface area contributed by atoms with Gasteiger partial charge in [0, 0.05) is 31.4 Å². The van der Waals surface area contributed by atoms with Gasteiger partial charge in [0.1, 0.15) is 0 Å². The van der Waals surface area contributed by atoms with Gasteiger partial charge in [-0.25, -0.2) is 0 Å². The average molecular weight is 597 g/mol. The molecule has 1 aliphatic carbocycles. The highest BCUT2D eigenvalue weighted by atomic mass is 35.5. The molecule has 0 radical (unpaired) electrons. The summed E-state index contributed by atoms with van der Waals surface area (Å²) >= 11 is 6.93. The maximum Gasteiger partial charge on any atom is 0.0992 e. The van der Waals surface area contributed by atoms with Crippen molar-refractivity contribution in [3.05, 3.63) is 141 Å². The highest BCUT2D eigenvalue weighted by molar-refractivity contribution is 6.31. The number of ether oxygens (including phenoxy) is 4. The number of rotatable bonds is 11. The highest BCUT2D eigenvalue weighted by Crippen LogP contribution is 2.54. The second-order valence-corrected chi connectivity index (χ2v) is 12.3. The summed E-state index contributed by atoms with van der Waals surface area (Å²) in [5.74, 6) is 0. The summed E-state index contributed by atoms with van der Waals surface area (Å²) in [6.07, 6.45) is 3.87. The summed E-state index contributed by atoms with van der Waals surface area (Å²) in [5.41, 5.74) is 7.76. The topological polar surface area (TPSA) is 36.9 Å². The molecule has 0 saturated carbocycles. The van der Waals surface area contributed by atoms with Crippen molar-refractivity contribution in [1.29, 1.82) is 0 Å². The lowest BCUT2D eigenvalue weighted by molar-refractivity contribution is -0.201. The zero-order valence-electron chi connectivity index (χ0n) is 25.1. The molecule has 4 aromatic carbocycles. The summed E-state index contributed by atoms with van der Waals surface area (Å²) in [5, 5.41) is 0.771. The van der Waals surface area contributed by atoms with Crippen LogP contribution in [-0.4, -0.2) is 25.9 Å². The smallest absolute Gasteiger partial charge is 0.0992 e. The zero-order valence-corrected chi connectivity index (χ0v) is 25.9. The molecule has 1 spiro atoms. The molecule has 4 aromatic rings. The molecule has 0 bridgehead atoms. The number of hydrogen-bond acceptors (Lipinski definition) is 4. The maximum atomic E-state index is 7.06. The predicted octanol–water partition coefficient (Wildman–Crippen LogP) is 8.76. The summed E-state index contributed by atoms with van der Waals surface area (Å²) in [6.45, 7) is 3.80. The van der Waals surface area contributed by atoms with Crippen molar-refractivity contribution >= 4 is 11.6 Å². The van der Waals surface area contributed by atoms with E-state index in [0.717, 1.165) is 53.8 Å². The van der Waals surface area contributed by atoms with Crippen LogP contribution in [0.3, 0.4) is 0 Å². The highest BCUT2D eigenvalue weighted by Gasteiger charge is 2.51. The second-order valence-electron chi connectivity index (χ2n) is 11.9. The molecule has 224 valence electrons. The Balaban J connectivity index is 1.28. The van der Waals surface area contributed by atoms with Crippen LogP contribution in [0.25, 0.3) is 0 Å². The Morgan fingerprint density at radius 1 is 0.814 bits per heavy atom. The molecule has 5 heteroatoms. The van der Waals surface area contributed by atoms with Crippen LogP contribution in [0.5, 0.6) is 0 Å². The van der Waals surface area contributed by atoms with Crippen LogP contribution in [-0.2, 0) is 50.6 Å². The third-order valence-electron chi connectivity index (χ3n) is 8.90. The number of aryl methyl sites for hydroxylation is 1. The molecular formula is C38H41ClO4. The minimum Gasteiger partial charge on any atom is -0.377 e. The van der Waals surface area contributed by atoms with Gasteiger partial charge < -0.3 is 18.9 Å². The summed E-state index contributed by atoms with van der Waals surface area (Å²) in [4.78, 5) is 0. The summed E-state index contributed by atoms with van der Waals surface area (Å²) in [6, 6.07) is 33.9. The van der Waals surface area contributed by atoms with Gasteiger partial charge in [-0.05, 0) is 57.9 Å². The third kappa shape index (κ3) is 7.06. The van der Waals surface area contributed by atoms with Gasteiger partial charge >= 0.3 is 0 Å². The zero-order chi connectivity index (χ0) is 29.6. The van der Waals surface area contributed by atoms with Crippen molar-refractivity contribution in [2.24, 2.45) is 0 Å². The molecular weight excluding hydrogens is 556 g/mol. The number of hydrogen-bond donors (Lipinski definition) is 0. The van der Waals surface area contributed by atoms with Gasteiger partial charge in [-0.15, -0.1) is 0 Å². The van der Waals surface area contributed by atoms with E-state index in [4.69, 9.17) is 30.5 Å². The fraction of sp³-hybridized carbons (Fsp3) is 0.368. The van der Waals surface area contributed by atoms with Crippen LogP contribution >= 0.6 is 11.6 Å². The molecule has 1 aliphatic heterocycles. The standard InChI is InChI=1S/C38H41ClO4/c1-3-27-14-16-28(17-15-27)18-31-19-35-34(21-36(31)39)37(40-2)23-38(35)22-32(42-25-30-12-8-5-9-13-30)20-33(43-38)26-41-24-29-10-6-4-7-11-29/h4-17,19,21,32-33,37H,3,18,20,22-26H2,1-2H3. The van der Waals surface area contributed by atoms with Crippen LogP contribution < -0.4 is 0 Å². The van der Waals surface area contributed by atoms with Crippen LogP contribution in [0.15, 0.2) is 97.1 Å². The van der Waals surface area contributed by atoms with E-state index in [1.54, 1.807) is 7.11 Å². The van der Waals surface area contributed by atoms with Crippen molar-refractivity contribution < 1.29 is 18.9 Å². The lowest BCUT2D eigenvalue weighted by atomic mass is 9.83. The lowest BCUT2D eigenvalue weighted by Crippen LogP contribution is -2.45. The first-order valence-corrected chi connectivity index (χ1v) is 15.8. The average Bonchev–Trinajstić information content (AvgIpc) is 3.32. The molecule has 1 fully saturated rings. The van der Waals surface area contributed by atoms with Crippen LogP contribution in [0.2, 0.25) is 5.02 Å². The molecule has 4 unspecified atom stereocenters. The van der Waals surface area contributed by atoms with E-state index in [1.807, 2.05) is 24.3 Å². The van der Waals surface area contributed by atoms with Gasteiger partial charge in [0.25, 0.3) is 0 Å². The van der Waals surface area contributed by atoms with E-state index in [1.165, 1.54) is 22.3 Å². The Morgan fingerprint density at radius 2 is 1.49 bits per heavy atom. The van der Waals surface area contributed by atoms with Gasteiger partial charge in [0.15, 0.2) is 0 Å². The number of methoxy groups -OCH3 is 1. The van der Waals surface area contributed by atoms with E-state index in [-0.39, 0.29) is 18.3 Å². The fourth-order valence-electron chi connectivity index (χ4n) is 6.64. The molecule has 0 amide bonds. The first-order valence-electron chi connectivity index (χ1n) is 15.4. The van der Waals surface area contributed by atoms with Crippen molar-refractivity contribution in [3.8, 4) is 0 Å². The number of fused-ring (bicyclic) bond motifs is 2. The van der Waals surface area contributed by atoms with Gasteiger partial charge in [0.05, 0.1) is 43.7 Å². The van der Waals surface area contributed by atoms with E-state index < -0.39 is 5.60 Å². The van der Waals surface area contributed by atoms with Crippen molar-refractivity contribution in [1.82, 2.24) is 0 Å². The van der Waals surface area contributed by atoms with Gasteiger partial charge in [-0.3, -0.25) is 0 Å². The van der Waals surface area contributed by atoms with Crippen molar-refractivity contribution in [2.75, 3.05) is 13.7 Å². The Kier molecular flexibility index (Phi) is 9.61. The largest absolute Gasteiger partial charge is 0.377 e. The van der Waals surface area contributed by atoms with Crippen LogP contribution in [0.4, 0.5) is 0 Å². The third-order valence-corrected chi connectivity index (χ3v) is 9.25. The molecule has 1 heterocycles. The summed E-state index contributed by atoms with van der Waals surface area (Å²) in [7, 11) is 1.78. The first-order chi connectivity index (χ1) is 21.0. The second kappa shape index (κ2) is 13.8. The fourth-order valence-corrected chi connectivity index (χ4v) is 6.88. The van der Waals surface area contributed by atoms with Crippen LogP contribution in [0.1, 0.15) is 71.2 Å². The molecule has 2 aliphatic rings. The quantitative estimate of drug-likeness (QED) is 0.173. The molecule has 4 atom stereocenters. The lowest BCUT2D eigenvalue weighted by Gasteiger charge is -2.43. The minimum atomic E-state index is -0.540. The maximum absolute atomic E-state index is 7.06. The molecule has 6 rings (SSSR count). The van der Waals surface area contributed by atoms with Gasteiger partial charge in [-0.2, -0.15) is 0 Å². The molecule has 1 saturated heterocycles.